The van der Waals surface area contributed by atoms with E-state index in [1.165, 1.54) is 12.1 Å². The number of thioether (sulfide) groups is 1. The van der Waals surface area contributed by atoms with Gasteiger partial charge in [0.25, 0.3) is 5.22 Å². The Morgan fingerprint density at radius 1 is 1.11 bits per heavy atom. The van der Waals surface area contributed by atoms with Crippen LogP contribution in [0.25, 0.3) is 11.5 Å². The van der Waals surface area contributed by atoms with Gasteiger partial charge in [0.15, 0.2) is 0 Å². The van der Waals surface area contributed by atoms with Gasteiger partial charge in [0, 0.05) is 11.3 Å². The van der Waals surface area contributed by atoms with E-state index in [1.807, 2.05) is 32.0 Å². The van der Waals surface area contributed by atoms with Gasteiger partial charge < -0.3 is 9.73 Å². The minimum atomic E-state index is -4.47. The molecule has 0 saturated heterocycles. The summed E-state index contributed by atoms with van der Waals surface area (Å²) in [5.74, 6) is -0.215. The number of hydrogen-bond acceptors (Lipinski definition) is 5. The fourth-order valence-electron chi connectivity index (χ4n) is 2.58. The van der Waals surface area contributed by atoms with Crippen LogP contribution in [0.1, 0.15) is 16.7 Å². The molecule has 0 atom stereocenters. The van der Waals surface area contributed by atoms with Gasteiger partial charge in [-0.3, -0.25) is 4.79 Å². The quantitative estimate of drug-likeness (QED) is 0.596. The smallest absolute Gasteiger partial charge is 0.411 e. The van der Waals surface area contributed by atoms with Gasteiger partial charge >= 0.3 is 6.18 Å². The summed E-state index contributed by atoms with van der Waals surface area (Å²) in [5.41, 5.74) is 2.14. The zero-order chi connectivity index (χ0) is 20.3. The molecule has 3 rings (SSSR count). The average Bonchev–Trinajstić information content (AvgIpc) is 3.08. The molecule has 9 heteroatoms. The molecule has 0 saturated carbocycles. The molecule has 1 heterocycles. The summed E-state index contributed by atoms with van der Waals surface area (Å²) >= 11 is 1.01. The molecule has 2 aromatic carbocycles. The van der Waals surface area contributed by atoms with Gasteiger partial charge in [-0.25, -0.2) is 0 Å². The summed E-state index contributed by atoms with van der Waals surface area (Å²) < 4.78 is 43.7. The fraction of sp³-hybridized carbons (Fsp3) is 0.211. The number of carbonyl (C=O) groups is 1. The van der Waals surface area contributed by atoms with Crippen molar-refractivity contribution in [1.29, 1.82) is 0 Å². The second-order valence-electron chi connectivity index (χ2n) is 6.16. The van der Waals surface area contributed by atoms with Gasteiger partial charge in [0.05, 0.1) is 11.3 Å². The first-order valence-corrected chi connectivity index (χ1v) is 9.21. The van der Waals surface area contributed by atoms with Crippen molar-refractivity contribution < 1.29 is 22.4 Å². The number of anilines is 1. The van der Waals surface area contributed by atoms with Crippen molar-refractivity contribution in [2.45, 2.75) is 25.2 Å². The molecule has 0 aliphatic heterocycles. The van der Waals surface area contributed by atoms with Crippen molar-refractivity contribution in [3.05, 3.63) is 59.2 Å². The molecule has 28 heavy (non-hydrogen) atoms. The molecule has 1 aromatic heterocycles. The number of nitrogens with one attached hydrogen (secondary N) is 1. The zero-order valence-electron chi connectivity index (χ0n) is 15.0. The highest BCUT2D eigenvalue weighted by Crippen LogP contribution is 2.31. The van der Waals surface area contributed by atoms with E-state index in [0.717, 1.165) is 40.6 Å². The Balaban J connectivity index is 1.60. The molecular weight excluding hydrogens is 391 g/mol. The van der Waals surface area contributed by atoms with Crippen LogP contribution in [0, 0.1) is 13.8 Å². The zero-order valence-corrected chi connectivity index (χ0v) is 15.8. The predicted octanol–water partition coefficient (Wildman–Crippen LogP) is 5.10. The van der Waals surface area contributed by atoms with Crippen LogP contribution in [0.15, 0.2) is 52.1 Å². The second-order valence-corrected chi connectivity index (χ2v) is 7.09. The molecule has 1 amide bonds. The summed E-state index contributed by atoms with van der Waals surface area (Å²) in [5, 5.41) is 10.5. The summed E-state index contributed by atoms with van der Waals surface area (Å²) in [6.07, 6.45) is -4.47. The average molecular weight is 407 g/mol. The summed E-state index contributed by atoms with van der Waals surface area (Å²) in [7, 11) is 0. The summed E-state index contributed by atoms with van der Waals surface area (Å²) in [6.45, 7) is 3.92. The van der Waals surface area contributed by atoms with E-state index in [4.69, 9.17) is 4.42 Å². The molecule has 0 aliphatic carbocycles. The Kier molecular flexibility index (Phi) is 5.73. The van der Waals surface area contributed by atoms with E-state index in [0.29, 0.717) is 5.89 Å². The minimum absolute atomic E-state index is 0.0712. The number of aromatic nitrogens is 2. The maximum atomic E-state index is 12.7. The third-order valence-electron chi connectivity index (χ3n) is 3.68. The normalized spacial score (nSPS) is 11.5. The van der Waals surface area contributed by atoms with Crippen molar-refractivity contribution in [2.24, 2.45) is 0 Å². The fourth-order valence-corrected chi connectivity index (χ4v) is 3.14. The summed E-state index contributed by atoms with van der Waals surface area (Å²) in [4.78, 5) is 12.0. The van der Waals surface area contributed by atoms with E-state index < -0.39 is 17.6 Å². The van der Waals surface area contributed by atoms with Gasteiger partial charge in [-0.15, -0.1) is 10.2 Å². The van der Waals surface area contributed by atoms with Crippen LogP contribution < -0.4 is 5.32 Å². The highest BCUT2D eigenvalue weighted by atomic mass is 32.2. The first-order valence-electron chi connectivity index (χ1n) is 8.23. The number of amides is 1. The van der Waals surface area contributed by atoms with Crippen LogP contribution in [0.2, 0.25) is 0 Å². The van der Waals surface area contributed by atoms with Crippen LogP contribution >= 0.6 is 11.8 Å². The molecule has 0 spiro atoms. The summed E-state index contributed by atoms with van der Waals surface area (Å²) in [6, 6.07) is 10.3. The van der Waals surface area contributed by atoms with Crippen LogP contribution in [-0.4, -0.2) is 21.9 Å². The monoisotopic (exact) mass is 407 g/mol. The Bertz CT molecular complexity index is 982. The van der Waals surface area contributed by atoms with Crippen molar-refractivity contribution in [3.8, 4) is 11.5 Å². The highest BCUT2D eigenvalue weighted by molar-refractivity contribution is 7.99. The molecule has 0 aliphatic rings. The van der Waals surface area contributed by atoms with Crippen molar-refractivity contribution in [1.82, 2.24) is 10.2 Å². The Morgan fingerprint density at radius 3 is 2.50 bits per heavy atom. The molecule has 3 aromatic rings. The molecule has 146 valence electrons. The topological polar surface area (TPSA) is 68.0 Å². The number of halogens is 3. The van der Waals surface area contributed by atoms with E-state index in [2.05, 4.69) is 15.5 Å². The van der Waals surface area contributed by atoms with Crippen LogP contribution in [0.4, 0.5) is 18.9 Å². The van der Waals surface area contributed by atoms with Crippen LogP contribution in [-0.2, 0) is 11.0 Å². The van der Waals surface area contributed by atoms with E-state index >= 15 is 0 Å². The number of alkyl halides is 3. The number of aryl methyl sites for hydroxylation is 2. The lowest BCUT2D eigenvalue weighted by Crippen LogP contribution is -2.15. The lowest BCUT2D eigenvalue weighted by molar-refractivity contribution is -0.137. The largest absolute Gasteiger partial charge is 0.416 e. The van der Waals surface area contributed by atoms with Gasteiger partial charge in [0.1, 0.15) is 0 Å². The number of carbonyl (C=O) groups excluding carboxylic acids is 1. The standard InChI is InChI=1S/C19H16F3N3O2S/c1-11-6-12(2)8-13(7-11)17-24-25-18(27-17)28-10-16(26)23-15-5-3-4-14(9-15)19(20,21)22/h3-9H,10H2,1-2H3,(H,23,26). The Labute approximate surface area is 163 Å². The Hall–Kier alpha value is -2.81. The molecule has 0 unspecified atom stereocenters. The van der Waals surface area contributed by atoms with E-state index in [-0.39, 0.29) is 16.7 Å². The second kappa shape index (κ2) is 8.05. The molecule has 0 fully saturated rings. The lowest BCUT2D eigenvalue weighted by atomic mass is 10.1. The molecule has 1 N–H and O–H groups in total. The maximum absolute atomic E-state index is 12.7. The number of hydrogen-bond donors (Lipinski definition) is 1. The predicted molar refractivity (Wildman–Crippen MR) is 100 cm³/mol. The van der Waals surface area contributed by atoms with Crippen LogP contribution in [0.3, 0.4) is 0 Å². The van der Waals surface area contributed by atoms with Gasteiger partial charge in [0.2, 0.25) is 11.8 Å². The van der Waals surface area contributed by atoms with Crippen molar-refractivity contribution in [3.63, 3.8) is 0 Å². The van der Waals surface area contributed by atoms with Gasteiger partial charge in [-0.05, 0) is 44.2 Å². The van der Waals surface area contributed by atoms with E-state index in [9.17, 15) is 18.0 Å². The Morgan fingerprint density at radius 2 is 1.82 bits per heavy atom. The number of rotatable bonds is 5. The first kappa shape index (κ1) is 19.9. The highest BCUT2D eigenvalue weighted by Gasteiger charge is 2.30. The van der Waals surface area contributed by atoms with Gasteiger partial charge in [-0.2, -0.15) is 13.2 Å². The van der Waals surface area contributed by atoms with Crippen molar-refractivity contribution >= 4 is 23.4 Å². The third-order valence-corrected chi connectivity index (χ3v) is 4.49. The minimum Gasteiger partial charge on any atom is -0.411 e. The third kappa shape index (κ3) is 5.13. The molecule has 5 nitrogen and oxygen atoms in total. The van der Waals surface area contributed by atoms with Crippen LogP contribution in [0.5, 0.6) is 0 Å². The molecule has 0 bridgehead atoms. The lowest BCUT2D eigenvalue weighted by Gasteiger charge is -2.09. The van der Waals surface area contributed by atoms with E-state index in [1.54, 1.807) is 0 Å². The maximum Gasteiger partial charge on any atom is 0.416 e. The molecular formula is C19H16F3N3O2S. The van der Waals surface area contributed by atoms with Crippen molar-refractivity contribution in [2.75, 3.05) is 11.1 Å². The molecule has 0 radical (unpaired) electrons. The first-order chi connectivity index (χ1) is 13.2. The SMILES string of the molecule is Cc1cc(C)cc(-c2nnc(SCC(=O)Nc3cccc(C(F)(F)F)c3)o2)c1. The number of nitrogens with zero attached hydrogens (tertiary/aromatic N) is 2. The number of benzene rings is 2. The van der Waals surface area contributed by atoms with Gasteiger partial charge in [-0.1, -0.05) is 35.0 Å².